The summed E-state index contributed by atoms with van der Waals surface area (Å²) in [6.45, 7) is 3.68. The van der Waals surface area contributed by atoms with Crippen LogP contribution in [0.1, 0.15) is 16.8 Å². The fourth-order valence-corrected chi connectivity index (χ4v) is 2.50. The van der Waals surface area contributed by atoms with Crippen LogP contribution < -0.4 is 0 Å². The van der Waals surface area contributed by atoms with E-state index in [-0.39, 0.29) is 0 Å². The quantitative estimate of drug-likeness (QED) is 0.668. The molecule has 0 unspecified atom stereocenters. The van der Waals surface area contributed by atoms with Crippen LogP contribution in [0.4, 0.5) is 0 Å². The van der Waals surface area contributed by atoms with E-state index in [1.807, 2.05) is 55.5 Å². The number of phenols is 1. The van der Waals surface area contributed by atoms with Crippen LogP contribution in [0.5, 0.6) is 5.75 Å². The SMILES string of the molecule is Cc1cccc(COCCOCc2ccc3ccccc3n2)c1O. The van der Waals surface area contributed by atoms with Crippen molar-refractivity contribution in [3.63, 3.8) is 0 Å². The van der Waals surface area contributed by atoms with Crippen LogP contribution >= 0.6 is 0 Å². The van der Waals surface area contributed by atoms with Gasteiger partial charge in [-0.1, -0.05) is 42.5 Å². The summed E-state index contributed by atoms with van der Waals surface area (Å²) in [7, 11) is 0. The van der Waals surface area contributed by atoms with Gasteiger partial charge in [0.25, 0.3) is 0 Å². The Hall–Kier alpha value is -2.43. The lowest BCUT2D eigenvalue weighted by atomic mass is 10.1. The van der Waals surface area contributed by atoms with E-state index in [1.165, 1.54) is 0 Å². The average Bonchev–Trinajstić information content (AvgIpc) is 2.61. The van der Waals surface area contributed by atoms with Gasteiger partial charge in [-0.3, -0.25) is 4.98 Å². The molecule has 0 atom stereocenters. The second-order valence-corrected chi connectivity index (χ2v) is 5.68. The number of hydrogen-bond donors (Lipinski definition) is 1. The maximum absolute atomic E-state index is 9.92. The summed E-state index contributed by atoms with van der Waals surface area (Å²) in [5.41, 5.74) is 3.54. The zero-order chi connectivity index (χ0) is 16.8. The van der Waals surface area contributed by atoms with Crippen LogP contribution in [0.25, 0.3) is 10.9 Å². The van der Waals surface area contributed by atoms with E-state index >= 15 is 0 Å². The minimum Gasteiger partial charge on any atom is -0.507 e. The number of ether oxygens (including phenoxy) is 2. The van der Waals surface area contributed by atoms with E-state index < -0.39 is 0 Å². The zero-order valence-corrected chi connectivity index (χ0v) is 13.7. The van der Waals surface area contributed by atoms with Crippen LogP contribution in [0, 0.1) is 6.92 Å². The molecule has 0 aliphatic carbocycles. The van der Waals surface area contributed by atoms with Gasteiger partial charge in [-0.2, -0.15) is 0 Å². The van der Waals surface area contributed by atoms with E-state index in [9.17, 15) is 5.11 Å². The number of hydrogen-bond acceptors (Lipinski definition) is 4. The summed E-state index contributed by atoms with van der Waals surface area (Å²) in [6, 6.07) is 17.7. The number of aromatic nitrogens is 1. The van der Waals surface area contributed by atoms with Crippen molar-refractivity contribution < 1.29 is 14.6 Å². The highest BCUT2D eigenvalue weighted by atomic mass is 16.5. The highest BCUT2D eigenvalue weighted by Crippen LogP contribution is 2.21. The molecule has 1 N–H and O–H groups in total. The van der Waals surface area contributed by atoms with Gasteiger partial charge in [0.2, 0.25) is 0 Å². The average molecular weight is 323 g/mol. The molecule has 3 rings (SSSR count). The first kappa shape index (κ1) is 16.4. The van der Waals surface area contributed by atoms with Gasteiger partial charge >= 0.3 is 0 Å². The summed E-state index contributed by atoms with van der Waals surface area (Å²) < 4.78 is 11.2. The molecular weight excluding hydrogens is 302 g/mol. The first-order chi connectivity index (χ1) is 11.7. The number of rotatable bonds is 7. The topological polar surface area (TPSA) is 51.6 Å². The van der Waals surface area contributed by atoms with Gasteiger partial charge in [0.05, 0.1) is 37.6 Å². The Morgan fingerprint density at radius 1 is 0.875 bits per heavy atom. The van der Waals surface area contributed by atoms with Crippen LogP contribution in [0.15, 0.2) is 54.6 Å². The third kappa shape index (κ3) is 4.10. The Labute approximate surface area is 141 Å². The van der Waals surface area contributed by atoms with Crippen molar-refractivity contribution in [2.24, 2.45) is 0 Å². The summed E-state index contributed by atoms with van der Waals surface area (Å²) in [4.78, 5) is 4.56. The van der Waals surface area contributed by atoms with Gasteiger partial charge < -0.3 is 14.6 Å². The lowest BCUT2D eigenvalue weighted by molar-refractivity contribution is 0.0324. The van der Waals surface area contributed by atoms with Crippen molar-refractivity contribution >= 4 is 10.9 Å². The Bertz CT molecular complexity index is 817. The van der Waals surface area contributed by atoms with Crippen molar-refractivity contribution in [1.82, 2.24) is 4.98 Å². The Morgan fingerprint density at radius 2 is 1.67 bits per heavy atom. The molecule has 0 aliphatic heterocycles. The maximum atomic E-state index is 9.92. The molecule has 0 aliphatic rings. The summed E-state index contributed by atoms with van der Waals surface area (Å²) in [5, 5.41) is 11.0. The van der Waals surface area contributed by atoms with Crippen molar-refractivity contribution in [1.29, 1.82) is 0 Å². The van der Waals surface area contributed by atoms with E-state index in [4.69, 9.17) is 9.47 Å². The van der Waals surface area contributed by atoms with Crippen LogP contribution in [0.2, 0.25) is 0 Å². The monoisotopic (exact) mass is 323 g/mol. The molecule has 4 heteroatoms. The fourth-order valence-electron chi connectivity index (χ4n) is 2.50. The Balaban J connectivity index is 1.41. The van der Waals surface area contributed by atoms with Gasteiger partial charge in [0, 0.05) is 10.9 Å². The van der Waals surface area contributed by atoms with Gasteiger partial charge in [-0.15, -0.1) is 0 Å². The highest BCUT2D eigenvalue weighted by molar-refractivity contribution is 5.78. The number of nitrogens with zero attached hydrogens (tertiary/aromatic N) is 1. The van der Waals surface area contributed by atoms with Crippen molar-refractivity contribution in [2.45, 2.75) is 20.1 Å². The molecule has 3 aromatic rings. The lowest BCUT2D eigenvalue weighted by Crippen LogP contribution is -2.05. The van der Waals surface area contributed by atoms with Crippen LogP contribution in [0.3, 0.4) is 0 Å². The van der Waals surface area contributed by atoms with Gasteiger partial charge in [0.1, 0.15) is 5.75 Å². The Morgan fingerprint density at radius 3 is 2.54 bits per heavy atom. The minimum atomic E-state index is 0.304. The first-order valence-electron chi connectivity index (χ1n) is 8.01. The second kappa shape index (κ2) is 7.90. The minimum absolute atomic E-state index is 0.304. The molecule has 124 valence electrons. The molecule has 0 bridgehead atoms. The number of benzene rings is 2. The molecule has 1 aromatic heterocycles. The Kier molecular flexibility index (Phi) is 5.41. The molecule has 24 heavy (non-hydrogen) atoms. The largest absolute Gasteiger partial charge is 0.507 e. The molecule has 4 nitrogen and oxygen atoms in total. The highest BCUT2D eigenvalue weighted by Gasteiger charge is 2.03. The normalized spacial score (nSPS) is 11.0. The van der Waals surface area contributed by atoms with Gasteiger partial charge in [-0.25, -0.2) is 0 Å². The summed E-state index contributed by atoms with van der Waals surface area (Å²) >= 11 is 0. The molecule has 0 amide bonds. The van der Waals surface area contributed by atoms with Crippen LogP contribution in [-0.2, 0) is 22.7 Å². The van der Waals surface area contributed by atoms with E-state index in [2.05, 4.69) is 11.1 Å². The molecular formula is C20H21NO3. The number of pyridine rings is 1. The third-order valence-electron chi connectivity index (χ3n) is 3.86. The molecule has 0 fully saturated rings. The number of phenolic OH excluding ortho intramolecular Hbond substituents is 1. The molecule has 0 spiro atoms. The molecule has 0 saturated carbocycles. The van der Waals surface area contributed by atoms with Gasteiger partial charge in [0.15, 0.2) is 0 Å². The smallest absolute Gasteiger partial charge is 0.123 e. The number of aromatic hydroxyl groups is 1. The second-order valence-electron chi connectivity index (χ2n) is 5.68. The van der Waals surface area contributed by atoms with E-state index in [0.29, 0.717) is 32.2 Å². The lowest BCUT2D eigenvalue weighted by Gasteiger charge is -2.09. The predicted molar refractivity (Wildman–Crippen MR) is 93.9 cm³/mol. The zero-order valence-electron chi connectivity index (χ0n) is 13.7. The molecule has 0 saturated heterocycles. The maximum Gasteiger partial charge on any atom is 0.123 e. The number of aryl methyl sites for hydroxylation is 1. The number of para-hydroxylation sites is 2. The molecule has 2 aromatic carbocycles. The van der Waals surface area contributed by atoms with Gasteiger partial charge in [-0.05, 0) is 24.6 Å². The molecule has 0 radical (unpaired) electrons. The standard InChI is InChI=1S/C20H21NO3/c1-15-5-4-7-17(20(15)22)13-23-11-12-24-14-18-10-9-16-6-2-3-8-19(16)21-18/h2-10,22H,11-14H2,1H3. The summed E-state index contributed by atoms with van der Waals surface area (Å²) in [6.07, 6.45) is 0. The van der Waals surface area contributed by atoms with Crippen molar-refractivity contribution in [2.75, 3.05) is 13.2 Å². The molecule has 1 heterocycles. The first-order valence-corrected chi connectivity index (χ1v) is 8.01. The fraction of sp³-hybridized carbons (Fsp3) is 0.250. The number of fused-ring (bicyclic) bond motifs is 1. The van der Waals surface area contributed by atoms with E-state index in [0.717, 1.165) is 27.7 Å². The van der Waals surface area contributed by atoms with Crippen LogP contribution in [-0.4, -0.2) is 23.3 Å². The van der Waals surface area contributed by atoms with Crippen molar-refractivity contribution in [3.05, 3.63) is 71.4 Å². The van der Waals surface area contributed by atoms with Crippen molar-refractivity contribution in [3.8, 4) is 5.75 Å². The third-order valence-corrected chi connectivity index (χ3v) is 3.86. The summed E-state index contributed by atoms with van der Waals surface area (Å²) in [5.74, 6) is 0.304. The van der Waals surface area contributed by atoms with E-state index in [1.54, 1.807) is 0 Å². The predicted octanol–water partition coefficient (Wildman–Crippen LogP) is 3.98.